The number of hydrogen-bond donors (Lipinski definition) is 0. The molecule has 0 N–H and O–H groups in total. The summed E-state index contributed by atoms with van der Waals surface area (Å²) in [4.78, 5) is 2.43. The number of nitrogens with zero attached hydrogens (tertiary/aromatic N) is 5. The Morgan fingerprint density at radius 2 is 2.09 bits per heavy atom. The summed E-state index contributed by atoms with van der Waals surface area (Å²) in [5.41, 5.74) is 0. The largest absolute Gasteiger partial charge is 0.376 e. The maximum absolute atomic E-state index is 6.07. The summed E-state index contributed by atoms with van der Waals surface area (Å²) in [5, 5.41) is 11.8. The van der Waals surface area contributed by atoms with Crippen LogP contribution in [0.5, 0.6) is 0 Å². The van der Waals surface area contributed by atoms with E-state index in [-0.39, 0.29) is 6.04 Å². The fraction of sp³-hybridized carbons (Fsp3) is 0.933. The maximum Gasteiger partial charge on any atom is 0.167 e. The van der Waals surface area contributed by atoms with Gasteiger partial charge < -0.3 is 9.47 Å². The van der Waals surface area contributed by atoms with E-state index in [9.17, 15) is 0 Å². The van der Waals surface area contributed by atoms with Gasteiger partial charge >= 0.3 is 0 Å². The minimum absolute atomic E-state index is 0.252. The van der Waals surface area contributed by atoms with Crippen molar-refractivity contribution in [2.75, 3.05) is 26.3 Å². The van der Waals surface area contributed by atoms with Crippen molar-refractivity contribution in [3.05, 3.63) is 5.82 Å². The molecule has 124 valence electrons. The molecule has 7 nitrogen and oxygen atoms in total. The number of tetrazole rings is 1. The molecule has 0 amide bonds. The third-order valence-corrected chi connectivity index (χ3v) is 4.84. The van der Waals surface area contributed by atoms with Crippen LogP contribution < -0.4 is 0 Å². The van der Waals surface area contributed by atoms with E-state index in [0.29, 0.717) is 12.2 Å². The molecule has 0 unspecified atom stereocenters. The highest BCUT2D eigenvalue weighted by molar-refractivity contribution is 4.91. The summed E-state index contributed by atoms with van der Waals surface area (Å²) < 4.78 is 13.6. The molecular weight excluding hydrogens is 282 g/mol. The molecule has 2 fully saturated rings. The van der Waals surface area contributed by atoms with E-state index in [4.69, 9.17) is 9.47 Å². The molecule has 1 aromatic rings. The number of likely N-dealkylation sites (tertiary alicyclic amines) is 1. The van der Waals surface area contributed by atoms with Crippen molar-refractivity contribution in [1.82, 2.24) is 25.1 Å². The van der Waals surface area contributed by atoms with Crippen LogP contribution in [0.25, 0.3) is 0 Å². The lowest BCUT2D eigenvalue weighted by Crippen LogP contribution is -2.40. The predicted molar refractivity (Wildman–Crippen MR) is 81.4 cm³/mol. The number of ether oxygens (including phenoxy) is 2. The first kappa shape index (κ1) is 15.8. The Kier molecular flexibility index (Phi) is 5.38. The summed E-state index contributed by atoms with van der Waals surface area (Å²) in [6, 6.07) is 0.252. The van der Waals surface area contributed by atoms with Crippen molar-refractivity contribution in [2.45, 2.75) is 57.3 Å². The molecule has 3 heterocycles. The molecule has 0 saturated carbocycles. The molecule has 3 rings (SSSR count). The molecule has 0 bridgehead atoms. The van der Waals surface area contributed by atoms with Crippen molar-refractivity contribution in [3.63, 3.8) is 0 Å². The number of piperidine rings is 1. The van der Waals surface area contributed by atoms with E-state index in [2.05, 4.69) is 27.3 Å². The smallest absolute Gasteiger partial charge is 0.167 e. The van der Waals surface area contributed by atoms with Gasteiger partial charge in [0.25, 0.3) is 0 Å². The van der Waals surface area contributed by atoms with E-state index < -0.39 is 0 Å². The van der Waals surface area contributed by atoms with Gasteiger partial charge in [0.15, 0.2) is 5.82 Å². The SMILES string of the molecule is C[C@@H](c1nnnn1C)N1CCC(OC[C@@H]2CCCCO2)CC1. The second kappa shape index (κ2) is 7.48. The van der Waals surface area contributed by atoms with Crippen molar-refractivity contribution < 1.29 is 9.47 Å². The van der Waals surface area contributed by atoms with Gasteiger partial charge in [0.1, 0.15) is 0 Å². The third-order valence-electron chi connectivity index (χ3n) is 4.84. The topological polar surface area (TPSA) is 65.3 Å². The number of aromatic nitrogens is 4. The molecule has 22 heavy (non-hydrogen) atoms. The predicted octanol–water partition coefficient (Wildman–Crippen LogP) is 1.32. The molecule has 7 heteroatoms. The van der Waals surface area contributed by atoms with Crippen molar-refractivity contribution >= 4 is 0 Å². The number of aryl methyl sites for hydroxylation is 1. The first-order chi connectivity index (χ1) is 10.7. The van der Waals surface area contributed by atoms with Crippen LogP contribution in [0.1, 0.15) is 50.9 Å². The Hall–Kier alpha value is -1.05. The molecule has 0 aromatic carbocycles. The monoisotopic (exact) mass is 309 g/mol. The summed E-state index contributed by atoms with van der Waals surface area (Å²) in [6.45, 7) is 5.89. The third kappa shape index (κ3) is 3.83. The lowest BCUT2D eigenvalue weighted by atomic mass is 10.1. The molecule has 0 aliphatic carbocycles. The Labute approximate surface area is 131 Å². The van der Waals surface area contributed by atoms with Crippen molar-refractivity contribution in [3.8, 4) is 0 Å². The lowest BCUT2D eigenvalue weighted by Gasteiger charge is -2.35. The molecule has 2 atom stereocenters. The van der Waals surface area contributed by atoms with Gasteiger partial charge in [-0.2, -0.15) is 0 Å². The van der Waals surface area contributed by atoms with E-state index in [1.54, 1.807) is 4.68 Å². The van der Waals surface area contributed by atoms with Gasteiger partial charge in [0.2, 0.25) is 0 Å². The zero-order valence-corrected chi connectivity index (χ0v) is 13.6. The second-order valence-electron chi connectivity index (χ2n) is 6.39. The van der Waals surface area contributed by atoms with Gasteiger partial charge in [0, 0.05) is 26.7 Å². The van der Waals surface area contributed by atoms with E-state index in [0.717, 1.165) is 51.4 Å². The van der Waals surface area contributed by atoms with Gasteiger partial charge in [-0.25, -0.2) is 4.68 Å². The Balaban J connectivity index is 1.41. The average molecular weight is 309 g/mol. The van der Waals surface area contributed by atoms with Crippen LogP contribution in [0, 0.1) is 0 Å². The zero-order valence-electron chi connectivity index (χ0n) is 13.6. The van der Waals surface area contributed by atoms with E-state index in [1.807, 2.05) is 7.05 Å². The van der Waals surface area contributed by atoms with Crippen molar-refractivity contribution in [2.24, 2.45) is 7.05 Å². The standard InChI is InChI=1S/C15H27N5O2/c1-12(15-16-17-18-19(15)2)20-8-6-13(7-9-20)22-11-14-5-3-4-10-21-14/h12-14H,3-11H2,1-2H3/t12-,14-/m0/s1. The van der Waals surface area contributed by atoms with Gasteiger partial charge in [0.05, 0.1) is 24.9 Å². The summed E-state index contributed by atoms with van der Waals surface area (Å²) >= 11 is 0. The molecule has 0 spiro atoms. The highest BCUT2D eigenvalue weighted by Crippen LogP contribution is 2.24. The normalized spacial score (nSPS) is 26.2. The summed E-state index contributed by atoms with van der Waals surface area (Å²) in [7, 11) is 1.89. The maximum atomic E-state index is 6.07. The summed E-state index contributed by atoms with van der Waals surface area (Å²) in [5.74, 6) is 0.926. The highest BCUT2D eigenvalue weighted by atomic mass is 16.5. The van der Waals surface area contributed by atoms with Gasteiger partial charge in [-0.1, -0.05) is 0 Å². The van der Waals surface area contributed by atoms with Gasteiger partial charge in [-0.15, -0.1) is 5.10 Å². The quantitative estimate of drug-likeness (QED) is 0.817. The molecule has 0 radical (unpaired) electrons. The fourth-order valence-corrected chi connectivity index (χ4v) is 3.37. The van der Waals surface area contributed by atoms with Crippen LogP contribution >= 0.6 is 0 Å². The lowest BCUT2D eigenvalue weighted by molar-refractivity contribution is -0.0770. The van der Waals surface area contributed by atoms with Crippen molar-refractivity contribution in [1.29, 1.82) is 0 Å². The Morgan fingerprint density at radius 1 is 1.27 bits per heavy atom. The summed E-state index contributed by atoms with van der Waals surface area (Å²) in [6.07, 6.45) is 6.45. The minimum Gasteiger partial charge on any atom is -0.376 e. The molecule has 2 aliphatic heterocycles. The van der Waals surface area contributed by atoms with E-state index in [1.165, 1.54) is 12.8 Å². The Bertz CT molecular complexity index is 453. The highest BCUT2D eigenvalue weighted by Gasteiger charge is 2.27. The average Bonchev–Trinajstić information content (AvgIpc) is 3.00. The van der Waals surface area contributed by atoms with Crippen LogP contribution in [-0.4, -0.2) is 63.6 Å². The first-order valence-electron chi connectivity index (χ1n) is 8.43. The number of hydrogen-bond acceptors (Lipinski definition) is 6. The second-order valence-corrected chi connectivity index (χ2v) is 6.39. The number of rotatable bonds is 5. The Morgan fingerprint density at radius 3 is 2.73 bits per heavy atom. The molecular formula is C15H27N5O2. The van der Waals surface area contributed by atoms with Crippen LogP contribution in [0.3, 0.4) is 0 Å². The minimum atomic E-state index is 0.252. The van der Waals surface area contributed by atoms with E-state index >= 15 is 0 Å². The van der Waals surface area contributed by atoms with Crippen LogP contribution in [-0.2, 0) is 16.5 Å². The molecule has 1 aromatic heterocycles. The fourth-order valence-electron chi connectivity index (χ4n) is 3.37. The van der Waals surface area contributed by atoms with Crippen LogP contribution in [0.15, 0.2) is 0 Å². The van der Waals surface area contributed by atoms with Gasteiger partial charge in [-0.05, 0) is 49.5 Å². The van der Waals surface area contributed by atoms with Crippen LogP contribution in [0.2, 0.25) is 0 Å². The first-order valence-corrected chi connectivity index (χ1v) is 8.43. The zero-order chi connectivity index (χ0) is 15.4. The molecule has 2 aliphatic rings. The van der Waals surface area contributed by atoms with Gasteiger partial charge in [-0.3, -0.25) is 4.90 Å². The molecule has 2 saturated heterocycles. The van der Waals surface area contributed by atoms with Crippen LogP contribution in [0.4, 0.5) is 0 Å².